The van der Waals surface area contributed by atoms with Crippen LogP contribution in [0.15, 0.2) is 72.1 Å². The van der Waals surface area contributed by atoms with Crippen molar-refractivity contribution < 1.29 is 9.53 Å². The maximum Gasteiger partial charge on any atom is 0.265 e. The van der Waals surface area contributed by atoms with Gasteiger partial charge in [-0.15, -0.1) is 11.3 Å². The molecule has 0 radical (unpaired) electrons. The first-order chi connectivity index (χ1) is 15.1. The van der Waals surface area contributed by atoms with E-state index in [-0.39, 0.29) is 12.5 Å². The number of fused-ring (bicyclic) bond motifs is 1. The number of amides is 1. The van der Waals surface area contributed by atoms with Gasteiger partial charge in [-0.1, -0.05) is 59.6 Å². The van der Waals surface area contributed by atoms with Gasteiger partial charge in [-0.3, -0.25) is 4.79 Å². The minimum absolute atomic E-state index is 0.0472. The summed E-state index contributed by atoms with van der Waals surface area (Å²) in [5.74, 6) is 0.650. The van der Waals surface area contributed by atoms with Crippen LogP contribution in [0.4, 0.5) is 5.69 Å². The lowest BCUT2D eigenvalue weighted by molar-refractivity contribution is -0.121. The molecule has 0 atom stereocenters. The molecule has 0 spiro atoms. The Hall–Kier alpha value is -3.15. The van der Waals surface area contributed by atoms with E-state index < -0.39 is 0 Å². The van der Waals surface area contributed by atoms with Gasteiger partial charge in [0.15, 0.2) is 6.61 Å². The van der Waals surface area contributed by atoms with Crippen LogP contribution in [0.5, 0.6) is 5.75 Å². The molecule has 1 amide bonds. The molecule has 2 heterocycles. The zero-order valence-corrected chi connectivity index (χ0v) is 18.4. The molecule has 0 aliphatic carbocycles. The van der Waals surface area contributed by atoms with E-state index in [0.717, 1.165) is 33.1 Å². The molecule has 0 fully saturated rings. The largest absolute Gasteiger partial charge is 0.482 e. The van der Waals surface area contributed by atoms with Gasteiger partial charge in [0.05, 0.1) is 22.9 Å². The Morgan fingerprint density at radius 3 is 2.71 bits per heavy atom. The van der Waals surface area contributed by atoms with Crippen LogP contribution in [0, 0.1) is 6.92 Å². The Morgan fingerprint density at radius 1 is 1.10 bits per heavy atom. The maximum absolute atomic E-state index is 12.7. The molecule has 6 heteroatoms. The number of nitrogens with zero attached hydrogens (tertiary/aromatic N) is 2. The fourth-order valence-electron chi connectivity index (χ4n) is 3.58. The van der Waals surface area contributed by atoms with Crippen molar-refractivity contribution in [1.82, 2.24) is 4.98 Å². The van der Waals surface area contributed by atoms with Crippen LogP contribution in [0.3, 0.4) is 0 Å². The Labute approximate surface area is 189 Å². The minimum atomic E-state index is -0.0553. The van der Waals surface area contributed by atoms with Gasteiger partial charge in [-0.05, 0) is 36.8 Å². The number of hydrogen-bond donors (Lipinski definition) is 0. The number of carbonyl (C=O) groups is 1. The van der Waals surface area contributed by atoms with Crippen LogP contribution in [-0.4, -0.2) is 17.5 Å². The molecule has 0 unspecified atom stereocenters. The third-order valence-electron chi connectivity index (χ3n) is 5.27. The molecule has 1 aromatic heterocycles. The molecule has 3 aromatic carbocycles. The van der Waals surface area contributed by atoms with Crippen molar-refractivity contribution in [1.29, 1.82) is 0 Å². The second kappa shape index (κ2) is 8.17. The lowest BCUT2D eigenvalue weighted by atomic mass is 10.1. The van der Waals surface area contributed by atoms with E-state index in [9.17, 15) is 4.79 Å². The first-order valence-electron chi connectivity index (χ1n) is 9.92. The van der Waals surface area contributed by atoms with E-state index >= 15 is 0 Å². The zero-order chi connectivity index (χ0) is 21.4. The Kier molecular flexibility index (Phi) is 5.22. The van der Waals surface area contributed by atoms with E-state index in [2.05, 4.69) is 31.2 Å². The second-order valence-electron chi connectivity index (χ2n) is 7.45. The topological polar surface area (TPSA) is 42.4 Å². The number of anilines is 1. The van der Waals surface area contributed by atoms with E-state index in [1.54, 1.807) is 16.2 Å². The van der Waals surface area contributed by atoms with Gasteiger partial charge in [0.2, 0.25) is 0 Å². The van der Waals surface area contributed by atoms with E-state index in [1.165, 1.54) is 5.56 Å². The summed E-state index contributed by atoms with van der Waals surface area (Å²) in [6.45, 7) is 2.60. The summed E-state index contributed by atoms with van der Waals surface area (Å²) >= 11 is 7.88. The van der Waals surface area contributed by atoms with Crippen molar-refractivity contribution in [3.05, 3.63) is 88.3 Å². The predicted octanol–water partition coefficient (Wildman–Crippen LogP) is 6.36. The molecule has 1 aliphatic rings. The van der Waals surface area contributed by atoms with Crippen LogP contribution in [-0.2, 0) is 11.3 Å². The standard InChI is InChI=1S/C25H19ClN2O2S/c1-16-6-8-17(9-7-16)13-28-22-12-18(10-11-23(22)30-14-24(28)29)21-15-31-25(27-21)19-4-2-3-5-20(19)26/h2-12,15H,13-14H2,1H3. The third kappa shape index (κ3) is 3.94. The van der Waals surface area contributed by atoms with Gasteiger partial charge >= 0.3 is 0 Å². The molecule has 1 aliphatic heterocycles. The molecule has 5 rings (SSSR count). The summed E-state index contributed by atoms with van der Waals surface area (Å²) in [7, 11) is 0. The van der Waals surface area contributed by atoms with E-state index in [0.29, 0.717) is 17.3 Å². The number of halogens is 1. The highest BCUT2D eigenvalue weighted by molar-refractivity contribution is 7.13. The van der Waals surface area contributed by atoms with Crippen LogP contribution >= 0.6 is 22.9 Å². The lowest BCUT2D eigenvalue weighted by Crippen LogP contribution is -2.38. The third-order valence-corrected chi connectivity index (χ3v) is 6.47. The number of aryl methyl sites for hydroxylation is 1. The van der Waals surface area contributed by atoms with Crippen molar-refractivity contribution in [2.45, 2.75) is 13.5 Å². The van der Waals surface area contributed by atoms with Crippen LogP contribution < -0.4 is 9.64 Å². The Morgan fingerprint density at radius 2 is 1.90 bits per heavy atom. The summed E-state index contributed by atoms with van der Waals surface area (Å²) in [6, 6.07) is 21.8. The van der Waals surface area contributed by atoms with Crippen molar-refractivity contribution in [3.63, 3.8) is 0 Å². The number of aromatic nitrogens is 1. The lowest BCUT2D eigenvalue weighted by Gasteiger charge is -2.30. The summed E-state index contributed by atoms with van der Waals surface area (Å²) < 4.78 is 5.68. The SMILES string of the molecule is Cc1ccc(CN2C(=O)COc3ccc(-c4csc(-c5ccccc5Cl)n4)cc32)cc1. The molecule has 0 saturated carbocycles. The zero-order valence-electron chi connectivity index (χ0n) is 16.8. The first kappa shape index (κ1) is 19.8. The van der Waals surface area contributed by atoms with Gasteiger partial charge in [0, 0.05) is 16.5 Å². The highest BCUT2D eigenvalue weighted by atomic mass is 35.5. The smallest absolute Gasteiger partial charge is 0.265 e. The van der Waals surface area contributed by atoms with Crippen molar-refractivity contribution >= 4 is 34.5 Å². The summed E-state index contributed by atoms with van der Waals surface area (Å²) in [5, 5.41) is 3.55. The maximum atomic E-state index is 12.7. The summed E-state index contributed by atoms with van der Waals surface area (Å²) in [5.41, 5.74) is 5.72. The van der Waals surface area contributed by atoms with Gasteiger partial charge in [-0.25, -0.2) is 4.98 Å². The van der Waals surface area contributed by atoms with Gasteiger partial charge < -0.3 is 9.64 Å². The van der Waals surface area contributed by atoms with Crippen LogP contribution in [0.1, 0.15) is 11.1 Å². The molecule has 0 N–H and O–H groups in total. The quantitative estimate of drug-likeness (QED) is 0.366. The van der Waals surface area contributed by atoms with E-state index in [4.69, 9.17) is 21.3 Å². The minimum Gasteiger partial charge on any atom is -0.482 e. The fraction of sp³-hybridized carbons (Fsp3) is 0.120. The molecule has 4 aromatic rings. The number of carbonyl (C=O) groups excluding carboxylic acids is 1. The van der Waals surface area contributed by atoms with Gasteiger partial charge in [0.1, 0.15) is 10.8 Å². The molecular weight excluding hydrogens is 428 g/mol. The normalized spacial score (nSPS) is 13.1. The van der Waals surface area contributed by atoms with Crippen LogP contribution in [0.25, 0.3) is 21.8 Å². The fourth-order valence-corrected chi connectivity index (χ4v) is 4.72. The van der Waals surface area contributed by atoms with E-state index in [1.807, 2.05) is 47.8 Å². The van der Waals surface area contributed by atoms with Crippen molar-refractivity contribution in [2.24, 2.45) is 0 Å². The van der Waals surface area contributed by atoms with Gasteiger partial charge in [0.25, 0.3) is 5.91 Å². The average Bonchev–Trinajstić information content (AvgIpc) is 3.27. The monoisotopic (exact) mass is 446 g/mol. The van der Waals surface area contributed by atoms with Crippen molar-refractivity contribution in [3.8, 4) is 27.6 Å². The number of rotatable bonds is 4. The molecular formula is C25H19ClN2O2S. The molecule has 0 saturated heterocycles. The highest BCUT2D eigenvalue weighted by Gasteiger charge is 2.26. The first-order valence-corrected chi connectivity index (χ1v) is 11.2. The molecule has 154 valence electrons. The summed E-state index contributed by atoms with van der Waals surface area (Å²) in [4.78, 5) is 19.2. The van der Waals surface area contributed by atoms with Crippen molar-refractivity contribution in [2.75, 3.05) is 11.5 Å². The summed E-state index contributed by atoms with van der Waals surface area (Å²) in [6.07, 6.45) is 0. The Bertz CT molecular complexity index is 1270. The van der Waals surface area contributed by atoms with Gasteiger partial charge in [-0.2, -0.15) is 0 Å². The predicted molar refractivity (Wildman–Crippen MR) is 126 cm³/mol. The molecule has 31 heavy (non-hydrogen) atoms. The average molecular weight is 447 g/mol. The second-order valence-corrected chi connectivity index (χ2v) is 8.72. The van der Waals surface area contributed by atoms with Crippen LogP contribution in [0.2, 0.25) is 5.02 Å². The Balaban J connectivity index is 1.49. The number of thiazole rings is 1. The number of benzene rings is 3. The highest BCUT2D eigenvalue weighted by Crippen LogP contribution is 2.38. The molecule has 0 bridgehead atoms. The molecule has 4 nitrogen and oxygen atoms in total. The number of ether oxygens (including phenoxy) is 1. The number of hydrogen-bond acceptors (Lipinski definition) is 4.